The molecule has 0 bridgehead atoms. The van der Waals surface area contributed by atoms with Crippen LogP contribution in [0.4, 0.5) is 5.69 Å². The SMILES string of the molecule is O=C(NC1CC1)c1ccccc1NC(=O)c1cc(Cl)sc1Cl. The molecule has 1 fully saturated rings. The van der Waals surface area contributed by atoms with Crippen molar-refractivity contribution in [3.63, 3.8) is 0 Å². The van der Waals surface area contributed by atoms with Crippen LogP contribution in [-0.2, 0) is 0 Å². The van der Waals surface area contributed by atoms with E-state index in [0.29, 0.717) is 25.5 Å². The molecule has 2 aromatic rings. The minimum absolute atomic E-state index is 0.187. The Morgan fingerprint density at radius 2 is 1.82 bits per heavy atom. The van der Waals surface area contributed by atoms with Gasteiger partial charge in [0.05, 0.1) is 21.2 Å². The normalized spacial score (nSPS) is 13.7. The van der Waals surface area contributed by atoms with Crippen molar-refractivity contribution in [1.29, 1.82) is 0 Å². The third-order valence-electron chi connectivity index (χ3n) is 3.23. The topological polar surface area (TPSA) is 58.2 Å². The lowest BCUT2D eigenvalue weighted by atomic mass is 10.1. The molecule has 2 N–H and O–H groups in total. The van der Waals surface area contributed by atoms with Crippen molar-refractivity contribution < 1.29 is 9.59 Å². The fourth-order valence-corrected chi connectivity index (χ4v) is 3.42. The van der Waals surface area contributed by atoms with Crippen LogP contribution < -0.4 is 10.6 Å². The van der Waals surface area contributed by atoms with Gasteiger partial charge in [0.25, 0.3) is 11.8 Å². The maximum absolute atomic E-state index is 12.3. The summed E-state index contributed by atoms with van der Waals surface area (Å²) in [6.07, 6.45) is 2.01. The minimum Gasteiger partial charge on any atom is -0.349 e. The molecule has 22 heavy (non-hydrogen) atoms. The van der Waals surface area contributed by atoms with Crippen LogP contribution in [0.2, 0.25) is 8.67 Å². The first-order valence-corrected chi connectivity index (χ1v) is 8.28. The lowest BCUT2D eigenvalue weighted by Gasteiger charge is -2.10. The number of halogens is 2. The number of carbonyl (C=O) groups excluding carboxylic acids is 2. The molecule has 0 radical (unpaired) electrons. The van der Waals surface area contributed by atoms with Crippen LogP contribution in [0.3, 0.4) is 0 Å². The largest absolute Gasteiger partial charge is 0.349 e. The van der Waals surface area contributed by atoms with E-state index >= 15 is 0 Å². The van der Waals surface area contributed by atoms with Gasteiger partial charge in [-0.1, -0.05) is 35.3 Å². The van der Waals surface area contributed by atoms with Gasteiger partial charge in [-0.05, 0) is 31.0 Å². The molecule has 1 saturated carbocycles. The first kappa shape index (κ1) is 15.3. The summed E-state index contributed by atoms with van der Waals surface area (Å²) in [5, 5.41) is 5.62. The summed E-state index contributed by atoms with van der Waals surface area (Å²) in [7, 11) is 0. The predicted molar refractivity (Wildman–Crippen MR) is 89.2 cm³/mol. The molecule has 0 aliphatic heterocycles. The van der Waals surface area contributed by atoms with Crippen molar-refractivity contribution in [2.45, 2.75) is 18.9 Å². The second-order valence-corrected chi connectivity index (χ2v) is 7.27. The van der Waals surface area contributed by atoms with Crippen molar-refractivity contribution in [2.75, 3.05) is 5.32 Å². The van der Waals surface area contributed by atoms with Gasteiger partial charge in [0, 0.05) is 6.04 Å². The Labute approximate surface area is 141 Å². The van der Waals surface area contributed by atoms with Gasteiger partial charge in [-0.2, -0.15) is 0 Å². The zero-order valence-electron chi connectivity index (χ0n) is 11.4. The number of benzene rings is 1. The monoisotopic (exact) mass is 354 g/mol. The number of rotatable bonds is 4. The summed E-state index contributed by atoms with van der Waals surface area (Å²) in [6, 6.07) is 8.63. The summed E-state index contributed by atoms with van der Waals surface area (Å²) in [6.45, 7) is 0. The number of para-hydroxylation sites is 1. The molecule has 114 valence electrons. The van der Waals surface area contributed by atoms with Crippen molar-refractivity contribution in [3.8, 4) is 0 Å². The van der Waals surface area contributed by atoms with Crippen LogP contribution in [0.15, 0.2) is 30.3 Å². The quantitative estimate of drug-likeness (QED) is 0.864. The average molecular weight is 355 g/mol. The summed E-state index contributed by atoms with van der Waals surface area (Å²) < 4.78 is 0.761. The Kier molecular flexibility index (Phi) is 4.38. The predicted octanol–water partition coefficient (Wildman–Crippen LogP) is 4.20. The van der Waals surface area contributed by atoms with E-state index in [2.05, 4.69) is 10.6 Å². The van der Waals surface area contributed by atoms with Gasteiger partial charge in [-0.25, -0.2) is 0 Å². The van der Waals surface area contributed by atoms with E-state index in [1.54, 1.807) is 24.3 Å². The second kappa shape index (κ2) is 6.28. The van der Waals surface area contributed by atoms with Gasteiger partial charge in [0.2, 0.25) is 0 Å². The van der Waals surface area contributed by atoms with Gasteiger partial charge in [-0.3, -0.25) is 9.59 Å². The van der Waals surface area contributed by atoms with Crippen LogP contribution in [0.25, 0.3) is 0 Å². The Balaban J connectivity index is 1.81. The minimum atomic E-state index is -0.389. The molecule has 1 heterocycles. The smallest absolute Gasteiger partial charge is 0.258 e. The number of carbonyl (C=O) groups is 2. The molecule has 0 saturated heterocycles. The fourth-order valence-electron chi connectivity index (χ4n) is 1.97. The highest BCUT2D eigenvalue weighted by Crippen LogP contribution is 2.32. The number of anilines is 1. The van der Waals surface area contributed by atoms with E-state index in [1.165, 1.54) is 6.07 Å². The zero-order valence-corrected chi connectivity index (χ0v) is 13.7. The van der Waals surface area contributed by atoms with E-state index in [-0.39, 0.29) is 17.9 Å². The van der Waals surface area contributed by atoms with Crippen LogP contribution in [-0.4, -0.2) is 17.9 Å². The van der Waals surface area contributed by atoms with Gasteiger partial charge in [0.1, 0.15) is 4.34 Å². The van der Waals surface area contributed by atoms with Crippen molar-refractivity contribution in [2.24, 2.45) is 0 Å². The number of hydrogen-bond donors (Lipinski definition) is 2. The Bertz CT molecular complexity index is 741. The standard InChI is InChI=1S/C15H12Cl2N2O2S/c16-12-7-10(13(17)22-12)15(21)19-11-4-2-1-3-9(11)14(20)18-8-5-6-8/h1-4,7-8H,5-6H2,(H,18,20)(H,19,21). The molecule has 1 aliphatic rings. The first-order valence-electron chi connectivity index (χ1n) is 6.70. The third-order valence-corrected chi connectivity index (χ3v) is 4.72. The van der Waals surface area contributed by atoms with Gasteiger partial charge >= 0.3 is 0 Å². The molecular weight excluding hydrogens is 343 g/mol. The van der Waals surface area contributed by atoms with E-state index in [9.17, 15) is 9.59 Å². The molecule has 0 spiro atoms. The molecule has 1 aromatic carbocycles. The Morgan fingerprint density at radius 1 is 1.09 bits per heavy atom. The molecule has 3 rings (SSSR count). The van der Waals surface area contributed by atoms with E-state index < -0.39 is 0 Å². The average Bonchev–Trinajstić information content (AvgIpc) is 3.22. The van der Waals surface area contributed by atoms with Crippen molar-refractivity contribution in [3.05, 3.63) is 50.1 Å². The van der Waals surface area contributed by atoms with E-state index in [1.807, 2.05) is 0 Å². The van der Waals surface area contributed by atoms with Crippen molar-refractivity contribution >= 4 is 52.0 Å². The number of nitrogens with one attached hydrogen (secondary N) is 2. The first-order chi connectivity index (χ1) is 10.5. The summed E-state index contributed by atoms with van der Waals surface area (Å²) in [4.78, 5) is 24.5. The Hall–Kier alpha value is -1.56. The maximum atomic E-state index is 12.3. The van der Waals surface area contributed by atoms with Gasteiger partial charge in [0.15, 0.2) is 0 Å². The molecule has 0 atom stereocenters. The molecule has 1 aromatic heterocycles. The number of amides is 2. The van der Waals surface area contributed by atoms with Crippen LogP contribution in [0.1, 0.15) is 33.6 Å². The van der Waals surface area contributed by atoms with Crippen LogP contribution in [0, 0.1) is 0 Å². The third kappa shape index (κ3) is 3.43. The molecule has 2 amide bonds. The van der Waals surface area contributed by atoms with E-state index in [4.69, 9.17) is 23.2 Å². The fraction of sp³-hybridized carbons (Fsp3) is 0.200. The highest BCUT2D eigenvalue weighted by atomic mass is 35.5. The molecule has 1 aliphatic carbocycles. The summed E-state index contributed by atoms with van der Waals surface area (Å²) >= 11 is 13.0. The highest BCUT2D eigenvalue weighted by molar-refractivity contribution is 7.20. The highest BCUT2D eigenvalue weighted by Gasteiger charge is 2.25. The molecule has 4 nitrogen and oxygen atoms in total. The van der Waals surface area contributed by atoms with Crippen molar-refractivity contribution in [1.82, 2.24) is 5.32 Å². The summed E-state index contributed by atoms with van der Waals surface area (Å²) in [5.41, 5.74) is 1.18. The maximum Gasteiger partial charge on any atom is 0.258 e. The molecule has 0 unspecified atom stereocenters. The Morgan fingerprint density at radius 3 is 2.45 bits per heavy atom. The lowest BCUT2D eigenvalue weighted by molar-refractivity contribution is 0.0952. The number of thiophene rings is 1. The second-order valence-electron chi connectivity index (χ2n) is 4.99. The zero-order chi connectivity index (χ0) is 15.7. The van der Waals surface area contributed by atoms with Crippen LogP contribution in [0.5, 0.6) is 0 Å². The van der Waals surface area contributed by atoms with E-state index in [0.717, 1.165) is 24.2 Å². The molecule has 7 heteroatoms. The van der Waals surface area contributed by atoms with Gasteiger partial charge < -0.3 is 10.6 Å². The molecular formula is C15H12Cl2N2O2S. The summed E-state index contributed by atoms with van der Waals surface area (Å²) in [5.74, 6) is -0.576. The number of hydrogen-bond acceptors (Lipinski definition) is 3. The van der Waals surface area contributed by atoms with Gasteiger partial charge in [-0.15, -0.1) is 11.3 Å². The lowest BCUT2D eigenvalue weighted by Crippen LogP contribution is -2.27. The van der Waals surface area contributed by atoms with Crippen LogP contribution >= 0.6 is 34.5 Å².